The predicted molar refractivity (Wildman–Crippen MR) is 78.4 cm³/mol. The Morgan fingerprint density at radius 2 is 2.05 bits per heavy atom. The molecule has 1 aromatic carbocycles. The standard InChI is InChI=1S/C13H14N4O4/c1-2-9-4-3-5-11(9)14-15-12-7-6-10(16(18)19)8-13(12)17(20)21/h4,6-8,15H,2-3,5H2,1H3. The third-order valence-corrected chi connectivity index (χ3v) is 3.22. The lowest BCUT2D eigenvalue weighted by atomic mass is 10.1. The second-order valence-corrected chi connectivity index (χ2v) is 4.51. The van der Waals surface area contributed by atoms with Gasteiger partial charge >= 0.3 is 5.69 Å². The van der Waals surface area contributed by atoms with Gasteiger partial charge in [0.1, 0.15) is 5.69 Å². The van der Waals surface area contributed by atoms with E-state index < -0.39 is 9.85 Å². The molecule has 2 rings (SSSR count). The lowest BCUT2D eigenvalue weighted by Crippen LogP contribution is -2.03. The Labute approximate surface area is 120 Å². The number of hydrogen-bond acceptors (Lipinski definition) is 6. The minimum Gasteiger partial charge on any atom is -0.271 e. The Morgan fingerprint density at radius 3 is 2.67 bits per heavy atom. The van der Waals surface area contributed by atoms with E-state index in [1.165, 1.54) is 12.1 Å². The van der Waals surface area contributed by atoms with Crippen LogP contribution in [0, 0.1) is 20.2 Å². The van der Waals surface area contributed by atoms with Crippen molar-refractivity contribution < 1.29 is 9.85 Å². The number of allylic oxidation sites excluding steroid dienone is 2. The Hall–Kier alpha value is -2.77. The maximum absolute atomic E-state index is 11.0. The number of nitrogens with zero attached hydrogens (tertiary/aromatic N) is 3. The lowest BCUT2D eigenvalue weighted by Gasteiger charge is -2.05. The number of hydrazone groups is 1. The minimum absolute atomic E-state index is 0.139. The highest BCUT2D eigenvalue weighted by Crippen LogP contribution is 2.29. The highest BCUT2D eigenvalue weighted by atomic mass is 16.6. The number of hydrogen-bond donors (Lipinski definition) is 1. The van der Waals surface area contributed by atoms with Crippen molar-refractivity contribution in [1.29, 1.82) is 0 Å². The van der Waals surface area contributed by atoms with Crippen LogP contribution < -0.4 is 5.43 Å². The smallest absolute Gasteiger partial charge is 0.271 e. The fourth-order valence-corrected chi connectivity index (χ4v) is 2.14. The fraction of sp³-hybridized carbons (Fsp3) is 0.308. The van der Waals surface area contributed by atoms with Crippen LogP contribution in [0.3, 0.4) is 0 Å². The van der Waals surface area contributed by atoms with Crippen LogP contribution in [0.2, 0.25) is 0 Å². The van der Waals surface area contributed by atoms with E-state index in [2.05, 4.69) is 16.6 Å². The summed E-state index contributed by atoms with van der Waals surface area (Å²) in [5.41, 5.74) is 4.08. The van der Waals surface area contributed by atoms with Crippen LogP contribution in [0.15, 0.2) is 34.9 Å². The van der Waals surface area contributed by atoms with Crippen LogP contribution in [-0.2, 0) is 0 Å². The molecule has 8 nitrogen and oxygen atoms in total. The van der Waals surface area contributed by atoms with Crippen molar-refractivity contribution in [3.05, 3.63) is 50.1 Å². The van der Waals surface area contributed by atoms with E-state index >= 15 is 0 Å². The first kappa shape index (κ1) is 14.6. The second-order valence-electron chi connectivity index (χ2n) is 4.51. The zero-order valence-corrected chi connectivity index (χ0v) is 11.4. The van der Waals surface area contributed by atoms with Crippen LogP contribution in [0.4, 0.5) is 17.1 Å². The molecular formula is C13H14N4O4. The molecule has 0 fully saturated rings. The van der Waals surface area contributed by atoms with Crippen LogP contribution in [0.25, 0.3) is 0 Å². The van der Waals surface area contributed by atoms with Crippen molar-refractivity contribution in [3.8, 4) is 0 Å². The molecular weight excluding hydrogens is 276 g/mol. The van der Waals surface area contributed by atoms with Gasteiger partial charge in [-0.15, -0.1) is 0 Å². The number of benzene rings is 1. The van der Waals surface area contributed by atoms with Gasteiger partial charge in [0.25, 0.3) is 5.69 Å². The average molecular weight is 290 g/mol. The monoisotopic (exact) mass is 290 g/mol. The summed E-state index contributed by atoms with van der Waals surface area (Å²) in [6.45, 7) is 2.01. The lowest BCUT2D eigenvalue weighted by molar-refractivity contribution is -0.393. The number of nitro groups is 2. The molecule has 0 heterocycles. The molecule has 0 atom stereocenters. The van der Waals surface area contributed by atoms with E-state index in [9.17, 15) is 20.2 Å². The van der Waals surface area contributed by atoms with Crippen molar-refractivity contribution in [3.63, 3.8) is 0 Å². The van der Waals surface area contributed by atoms with Gasteiger partial charge in [-0.25, -0.2) is 0 Å². The molecule has 110 valence electrons. The van der Waals surface area contributed by atoms with E-state index in [-0.39, 0.29) is 17.1 Å². The van der Waals surface area contributed by atoms with Gasteiger partial charge in [-0.05, 0) is 30.9 Å². The minimum atomic E-state index is -0.669. The molecule has 1 N–H and O–H groups in total. The van der Waals surface area contributed by atoms with Crippen LogP contribution in [0.1, 0.15) is 26.2 Å². The molecule has 0 radical (unpaired) electrons. The quantitative estimate of drug-likeness (QED) is 0.659. The molecule has 21 heavy (non-hydrogen) atoms. The molecule has 0 saturated heterocycles. The highest BCUT2D eigenvalue weighted by molar-refractivity contribution is 6.02. The fourth-order valence-electron chi connectivity index (χ4n) is 2.14. The summed E-state index contributed by atoms with van der Waals surface area (Å²) >= 11 is 0. The number of nitrogens with one attached hydrogen (secondary N) is 1. The first-order chi connectivity index (χ1) is 10.0. The summed E-state index contributed by atoms with van der Waals surface area (Å²) in [5.74, 6) is 0. The first-order valence-corrected chi connectivity index (χ1v) is 6.47. The molecule has 0 spiro atoms. The average Bonchev–Trinajstić information content (AvgIpc) is 2.92. The summed E-state index contributed by atoms with van der Waals surface area (Å²) in [7, 11) is 0. The number of non-ortho nitro benzene ring substituents is 1. The van der Waals surface area contributed by atoms with Crippen molar-refractivity contribution in [2.75, 3.05) is 5.43 Å². The van der Waals surface area contributed by atoms with Crippen molar-refractivity contribution in [2.24, 2.45) is 5.10 Å². The summed E-state index contributed by atoms with van der Waals surface area (Å²) in [4.78, 5) is 20.3. The first-order valence-electron chi connectivity index (χ1n) is 6.47. The van der Waals surface area contributed by atoms with Gasteiger partial charge in [0.15, 0.2) is 0 Å². The Morgan fingerprint density at radius 1 is 1.29 bits per heavy atom. The SMILES string of the molecule is CCC1=CCCC1=NNc1ccc([N+](=O)[O-])cc1[N+](=O)[O-]. The Kier molecular flexibility index (Phi) is 4.27. The predicted octanol–water partition coefficient (Wildman–Crippen LogP) is 3.40. The molecule has 0 bridgehead atoms. The summed E-state index contributed by atoms with van der Waals surface area (Å²) in [6.07, 6.45) is 4.64. The van der Waals surface area contributed by atoms with E-state index in [4.69, 9.17) is 0 Å². The molecule has 1 aliphatic rings. The summed E-state index contributed by atoms with van der Waals surface area (Å²) in [5, 5.41) is 25.8. The Bertz CT molecular complexity index is 652. The second kappa shape index (κ2) is 6.12. The van der Waals surface area contributed by atoms with E-state index in [0.717, 1.165) is 36.6 Å². The molecule has 0 saturated carbocycles. The molecule has 0 amide bonds. The Balaban J connectivity index is 2.28. The van der Waals surface area contributed by atoms with Gasteiger partial charge in [0, 0.05) is 6.07 Å². The van der Waals surface area contributed by atoms with E-state index in [1.54, 1.807) is 0 Å². The van der Waals surface area contributed by atoms with Gasteiger partial charge in [-0.3, -0.25) is 25.7 Å². The molecule has 0 aromatic heterocycles. The van der Waals surface area contributed by atoms with Crippen molar-refractivity contribution in [2.45, 2.75) is 26.2 Å². The maximum atomic E-state index is 11.0. The van der Waals surface area contributed by atoms with Gasteiger partial charge in [0.05, 0.1) is 21.6 Å². The molecule has 8 heteroatoms. The maximum Gasteiger partial charge on any atom is 0.301 e. The van der Waals surface area contributed by atoms with E-state index in [0.29, 0.717) is 0 Å². The summed E-state index contributed by atoms with van der Waals surface area (Å²) in [6, 6.07) is 3.43. The van der Waals surface area contributed by atoms with Crippen LogP contribution >= 0.6 is 0 Å². The molecule has 1 aliphatic carbocycles. The third kappa shape index (κ3) is 3.22. The van der Waals surface area contributed by atoms with Gasteiger partial charge in [-0.2, -0.15) is 5.10 Å². The largest absolute Gasteiger partial charge is 0.301 e. The molecule has 1 aromatic rings. The van der Waals surface area contributed by atoms with Gasteiger partial charge in [-0.1, -0.05) is 13.0 Å². The highest BCUT2D eigenvalue weighted by Gasteiger charge is 2.19. The topological polar surface area (TPSA) is 111 Å². The van der Waals surface area contributed by atoms with Gasteiger partial charge < -0.3 is 0 Å². The molecule has 0 unspecified atom stereocenters. The number of anilines is 1. The zero-order valence-electron chi connectivity index (χ0n) is 11.4. The van der Waals surface area contributed by atoms with Crippen LogP contribution in [0.5, 0.6) is 0 Å². The third-order valence-electron chi connectivity index (χ3n) is 3.22. The van der Waals surface area contributed by atoms with Crippen LogP contribution in [-0.4, -0.2) is 15.6 Å². The van der Waals surface area contributed by atoms with E-state index in [1.807, 2.05) is 6.92 Å². The zero-order chi connectivity index (χ0) is 15.4. The van der Waals surface area contributed by atoms with Crippen molar-refractivity contribution >= 4 is 22.8 Å². The number of nitro benzene ring substituents is 2. The summed E-state index contributed by atoms with van der Waals surface area (Å²) < 4.78 is 0. The number of rotatable bonds is 5. The van der Waals surface area contributed by atoms with Gasteiger partial charge in [0.2, 0.25) is 0 Å². The molecule has 0 aliphatic heterocycles. The normalized spacial score (nSPS) is 15.9. The van der Waals surface area contributed by atoms with Crippen molar-refractivity contribution in [1.82, 2.24) is 0 Å².